The van der Waals surface area contributed by atoms with Gasteiger partial charge in [-0.1, -0.05) is 218 Å². The minimum Gasteiger partial charge on any atom is -0.310 e. The quantitative estimate of drug-likeness (QED) is 0.140. The molecule has 2 nitrogen and oxygen atoms in total. The highest BCUT2D eigenvalue weighted by molar-refractivity contribution is 6.10. The zero-order valence-corrected chi connectivity index (χ0v) is 40.1. The molecule has 0 atom stereocenters. The number of hydrogen-bond acceptors (Lipinski definition) is 1. The second-order valence-electron chi connectivity index (χ2n) is 19.3. The van der Waals surface area contributed by atoms with Crippen molar-refractivity contribution in [1.82, 2.24) is 4.57 Å². The number of para-hydroxylation sites is 1. The van der Waals surface area contributed by atoms with E-state index in [4.69, 9.17) is 0 Å². The van der Waals surface area contributed by atoms with Crippen LogP contribution in [-0.4, -0.2) is 4.57 Å². The van der Waals surface area contributed by atoms with Gasteiger partial charge in [0.1, 0.15) is 0 Å². The third-order valence-electron chi connectivity index (χ3n) is 15.2. The van der Waals surface area contributed by atoms with E-state index in [0.717, 1.165) is 28.3 Å². The SMILES string of the molecule is c1ccc(-c2cccc(-n3c4ccccc4c4cc(-c5ccc(N(c6cccc(-c7ccc8ccccc8c7)c6)c6ccc7c(c6)C(c6ccccc6)(c6ccccc6)c6ccccc6-7)cc5)ccc43)c2)cc1. The first kappa shape index (κ1) is 42.4. The third-order valence-corrected chi connectivity index (χ3v) is 15.2. The highest BCUT2D eigenvalue weighted by atomic mass is 15.1. The molecule has 0 N–H and O–H groups in total. The summed E-state index contributed by atoms with van der Waals surface area (Å²) in [6, 6.07) is 107. The Morgan fingerprint density at radius 2 is 0.808 bits per heavy atom. The van der Waals surface area contributed by atoms with Crippen molar-refractivity contribution in [3.05, 3.63) is 313 Å². The minimum atomic E-state index is -0.528. The van der Waals surface area contributed by atoms with Gasteiger partial charge < -0.3 is 9.47 Å². The van der Waals surface area contributed by atoms with Crippen molar-refractivity contribution < 1.29 is 0 Å². The predicted molar refractivity (Wildman–Crippen MR) is 307 cm³/mol. The van der Waals surface area contributed by atoms with Gasteiger partial charge in [-0.25, -0.2) is 0 Å². The topological polar surface area (TPSA) is 8.17 Å². The lowest BCUT2D eigenvalue weighted by atomic mass is 9.67. The van der Waals surface area contributed by atoms with Crippen LogP contribution < -0.4 is 4.90 Å². The molecule has 1 aromatic heterocycles. The summed E-state index contributed by atoms with van der Waals surface area (Å²) in [6.45, 7) is 0. The smallest absolute Gasteiger partial charge is 0.0714 e. The van der Waals surface area contributed by atoms with Crippen molar-refractivity contribution in [2.24, 2.45) is 0 Å². The van der Waals surface area contributed by atoms with Crippen LogP contribution in [0.2, 0.25) is 0 Å². The number of rotatable bonds is 9. The fourth-order valence-corrected chi connectivity index (χ4v) is 11.9. The molecule has 0 bridgehead atoms. The summed E-state index contributed by atoms with van der Waals surface area (Å²) in [5.41, 5.74) is 21.0. The predicted octanol–water partition coefficient (Wildman–Crippen LogP) is 18.8. The van der Waals surface area contributed by atoms with Crippen LogP contribution in [0.15, 0.2) is 291 Å². The molecule has 0 radical (unpaired) electrons. The van der Waals surface area contributed by atoms with E-state index < -0.39 is 5.41 Å². The first-order valence-corrected chi connectivity index (χ1v) is 25.2. The summed E-state index contributed by atoms with van der Waals surface area (Å²) >= 11 is 0. The molecular weight excluding hydrogens is 881 g/mol. The molecule has 0 spiro atoms. The molecule has 1 heterocycles. The monoisotopic (exact) mass is 928 g/mol. The van der Waals surface area contributed by atoms with E-state index in [1.165, 1.54) is 93.8 Å². The molecule has 342 valence electrons. The van der Waals surface area contributed by atoms with Gasteiger partial charge in [0.05, 0.1) is 16.4 Å². The molecule has 1 aliphatic carbocycles. The average Bonchev–Trinajstić information content (AvgIpc) is 4.00. The van der Waals surface area contributed by atoms with Gasteiger partial charge in [0.2, 0.25) is 0 Å². The molecular formula is C71H48N2. The molecule has 14 rings (SSSR count). The Kier molecular flexibility index (Phi) is 10.1. The fraction of sp³-hybridized carbons (Fsp3) is 0.0141. The largest absolute Gasteiger partial charge is 0.310 e. The van der Waals surface area contributed by atoms with Gasteiger partial charge in [-0.15, -0.1) is 0 Å². The van der Waals surface area contributed by atoms with Gasteiger partial charge in [0.25, 0.3) is 0 Å². The molecule has 2 heteroatoms. The van der Waals surface area contributed by atoms with Crippen molar-refractivity contribution in [1.29, 1.82) is 0 Å². The number of aromatic nitrogens is 1. The zero-order valence-electron chi connectivity index (χ0n) is 40.1. The van der Waals surface area contributed by atoms with Crippen LogP contribution in [0.25, 0.3) is 82.8 Å². The van der Waals surface area contributed by atoms with E-state index in [1.54, 1.807) is 0 Å². The van der Waals surface area contributed by atoms with Crippen LogP contribution in [0.4, 0.5) is 17.1 Å². The second-order valence-corrected chi connectivity index (χ2v) is 19.3. The molecule has 0 fully saturated rings. The van der Waals surface area contributed by atoms with Gasteiger partial charge in [-0.2, -0.15) is 0 Å². The van der Waals surface area contributed by atoms with Crippen molar-refractivity contribution in [2.45, 2.75) is 5.41 Å². The van der Waals surface area contributed by atoms with Crippen LogP contribution in [0.3, 0.4) is 0 Å². The van der Waals surface area contributed by atoms with Gasteiger partial charge in [0, 0.05) is 33.5 Å². The third kappa shape index (κ3) is 7.02. The summed E-state index contributed by atoms with van der Waals surface area (Å²) in [7, 11) is 0. The Bertz CT molecular complexity index is 4150. The number of nitrogens with zero attached hydrogens (tertiary/aromatic N) is 2. The van der Waals surface area contributed by atoms with Gasteiger partial charge in [0.15, 0.2) is 0 Å². The Morgan fingerprint density at radius 1 is 0.274 bits per heavy atom. The van der Waals surface area contributed by atoms with Crippen molar-refractivity contribution in [2.75, 3.05) is 4.90 Å². The van der Waals surface area contributed by atoms with Crippen molar-refractivity contribution in [3.63, 3.8) is 0 Å². The van der Waals surface area contributed by atoms with Gasteiger partial charge >= 0.3 is 0 Å². The van der Waals surface area contributed by atoms with E-state index in [9.17, 15) is 0 Å². The Morgan fingerprint density at radius 3 is 1.60 bits per heavy atom. The van der Waals surface area contributed by atoms with Gasteiger partial charge in [-0.05, 0) is 150 Å². The Balaban J connectivity index is 0.916. The van der Waals surface area contributed by atoms with Gasteiger partial charge in [-0.3, -0.25) is 0 Å². The van der Waals surface area contributed by atoms with E-state index in [1.807, 2.05) is 0 Å². The zero-order chi connectivity index (χ0) is 48.3. The van der Waals surface area contributed by atoms with E-state index in [2.05, 4.69) is 301 Å². The summed E-state index contributed by atoms with van der Waals surface area (Å²) in [5.74, 6) is 0. The molecule has 1 aliphatic rings. The Labute approximate surface area is 426 Å². The summed E-state index contributed by atoms with van der Waals surface area (Å²) in [5, 5.41) is 4.93. The maximum Gasteiger partial charge on any atom is 0.0714 e. The summed E-state index contributed by atoms with van der Waals surface area (Å²) in [4.78, 5) is 2.44. The van der Waals surface area contributed by atoms with Crippen LogP contribution >= 0.6 is 0 Å². The first-order valence-electron chi connectivity index (χ1n) is 25.2. The van der Waals surface area contributed by atoms with E-state index in [0.29, 0.717) is 0 Å². The summed E-state index contributed by atoms with van der Waals surface area (Å²) < 4.78 is 2.41. The van der Waals surface area contributed by atoms with Crippen molar-refractivity contribution in [3.8, 4) is 50.2 Å². The highest BCUT2D eigenvalue weighted by Gasteiger charge is 2.46. The number of anilines is 3. The standard InChI is InChI=1S/C71H48N2/c1-4-18-49(19-5-1)53-22-16-29-61(45-53)73-69-33-15-13-31-65(69)66-47-56(38-43-70(66)73)51-36-39-59(40-37-51)72(60-28-17-23-54(46-60)55-35-34-50-20-10-11-21-52(50)44-55)62-41-42-64-63-30-12-14-32-67(63)71(68(64)48-62,57-24-6-2-7-25-57)58-26-8-3-9-27-58/h1-48H. The molecule has 73 heavy (non-hydrogen) atoms. The maximum atomic E-state index is 2.46. The molecule has 13 aromatic rings. The number of benzene rings is 12. The van der Waals surface area contributed by atoms with Crippen LogP contribution in [0.1, 0.15) is 22.3 Å². The number of hydrogen-bond donors (Lipinski definition) is 0. The minimum absolute atomic E-state index is 0.528. The van der Waals surface area contributed by atoms with Crippen LogP contribution in [0.5, 0.6) is 0 Å². The molecule has 0 aliphatic heterocycles. The highest BCUT2D eigenvalue weighted by Crippen LogP contribution is 2.57. The van der Waals surface area contributed by atoms with E-state index in [-0.39, 0.29) is 0 Å². The molecule has 0 amide bonds. The Hall–Kier alpha value is -9.50. The average molecular weight is 929 g/mol. The first-order chi connectivity index (χ1) is 36.2. The van der Waals surface area contributed by atoms with Crippen LogP contribution in [0, 0.1) is 0 Å². The lowest BCUT2D eigenvalue weighted by molar-refractivity contribution is 0.768. The molecule has 12 aromatic carbocycles. The fourth-order valence-electron chi connectivity index (χ4n) is 11.9. The maximum absolute atomic E-state index is 2.46. The van der Waals surface area contributed by atoms with E-state index >= 15 is 0 Å². The normalized spacial score (nSPS) is 12.5. The lowest BCUT2D eigenvalue weighted by Crippen LogP contribution is -2.28. The molecule has 0 saturated carbocycles. The van der Waals surface area contributed by atoms with Crippen molar-refractivity contribution >= 4 is 49.6 Å². The molecule has 0 unspecified atom stereocenters. The number of fused-ring (bicyclic) bond motifs is 7. The molecule has 0 saturated heterocycles. The summed E-state index contributed by atoms with van der Waals surface area (Å²) in [6.07, 6.45) is 0. The van der Waals surface area contributed by atoms with Crippen LogP contribution in [-0.2, 0) is 5.41 Å². The second kappa shape index (κ2) is 17.4. The lowest BCUT2D eigenvalue weighted by Gasteiger charge is -2.35.